The molecule has 0 saturated carbocycles. The van der Waals surface area contributed by atoms with Crippen LogP contribution in [0.3, 0.4) is 0 Å². The largest absolute Gasteiger partial charge is 0.326 e. The molecule has 2 atom stereocenters. The van der Waals surface area contributed by atoms with E-state index in [0.29, 0.717) is 11.5 Å². The molecule has 1 saturated heterocycles. The highest BCUT2D eigenvalue weighted by Gasteiger charge is 2.35. The summed E-state index contributed by atoms with van der Waals surface area (Å²) in [5, 5.41) is 0.789. The van der Waals surface area contributed by atoms with Gasteiger partial charge in [0.15, 0.2) is 0 Å². The van der Waals surface area contributed by atoms with Gasteiger partial charge in [0.2, 0.25) is 0 Å². The number of nitrogens with two attached hydrogens (primary N) is 1. The first-order valence-electron chi connectivity index (χ1n) is 8.26. The SMILES string of the molecule is CCC1(CC)CCN(C(c2ccc(Cl)cc2)C(C)N)CC1. The van der Waals surface area contributed by atoms with Crippen molar-refractivity contribution in [2.75, 3.05) is 13.1 Å². The van der Waals surface area contributed by atoms with E-state index in [1.165, 1.54) is 31.2 Å². The van der Waals surface area contributed by atoms with Crippen molar-refractivity contribution in [2.24, 2.45) is 11.1 Å². The van der Waals surface area contributed by atoms with Gasteiger partial charge in [-0.2, -0.15) is 0 Å². The smallest absolute Gasteiger partial charge is 0.0496 e. The van der Waals surface area contributed by atoms with Gasteiger partial charge in [0.05, 0.1) is 0 Å². The Morgan fingerprint density at radius 3 is 2.10 bits per heavy atom. The van der Waals surface area contributed by atoms with Crippen LogP contribution < -0.4 is 5.73 Å². The van der Waals surface area contributed by atoms with Crippen LogP contribution in [0.1, 0.15) is 58.1 Å². The monoisotopic (exact) mass is 308 g/mol. The van der Waals surface area contributed by atoms with Gasteiger partial charge in [-0.1, -0.05) is 50.4 Å². The molecule has 1 aromatic rings. The summed E-state index contributed by atoms with van der Waals surface area (Å²) in [5.41, 5.74) is 8.14. The van der Waals surface area contributed by atoms with E-state index in [1.807, 2.05) is 12.1 Å². The molecule has 0 spiro atoms. The summed E-state index contributed by atoms with van der Waals surface area (Å²) < 4.78 is 0. The average Bonchev–Trinajstić information content (AvgIpc) is 2.50. The highest BCUT2D eigenvalue weighted by molar-refractivity contribution is 6.30. The molecule has 3 heteroatoms. The Morgan fingerprint density at radius 2 is 1.67 bits per heavy atom. The van der Waals surface area contributed by atoms with Gasteiger partial charge in [-0.15, -0.1) is 0 Å². The Hall–Kier alpha value is -0.570. The standard InChI is InChI=1S/C18H29ClN2/c1-4-18(5-2)10-12-21(13-11-18)17(14(3)20)15-6-8-16(19)9-7-15/h6-9,14,17H,4-5,10-13,20H2,1-3H3. The van der Waals surface area contributed by atoms with Gasteiger partial charge in [-0.05, 0) is 56.0 Å². The number of halogens is 1. The highest BCUT2D eigenvalue weighted by Crippen LogP contribution is 2.40. The Labute approximate surface area is 134 Å². The van der Waals surface area contributed by atoms with Crippen molar-refractivity contribution in [3.05, 3.63) is 34.9 Å². The molecule has 2 rings (SSSR count). The summed E-state index contributed by atoms with van der Waals surface area (Å²) in [5.74, 6) is 0. The van der Waals surface area contributed by atoms with Gasteiger partial charge in [-0.3, -0.25) is 4.90 Å². The van der Waals surface area contributed by atoms with E-state index in [9.17, 15) is 0 Å². The van der Waals surface area contributed by atoms with Crippen LogP contribution >= 0.6 is 11.6 Å². The second-order valence-electron chi connectivity index (χ2n) is 6.60. The summed E-state index contributed by atoms with van der Waals surface area (Å²) >= 11 is 6.01. The number of hydrogen-bond acceptors (Lipinski definition) is 2. The van der Waals surface area contributed by atoms with Gasteiger partial charge < -0.3 is 5.73 Å². The van der Waals surface area contributed by atoms with Crippen LogP contribution in [0.25, 0.3) is 0 Å². The zero-order valence-electron chi connectivity index (χ0n) is 13.6. The normalized spacial score (nSPS) is 22.0. The fourth-order valence-electron chi connectivity index (χ4n) is 3.74. The Kier molecular flexibility index (Phi) is 5.70. The molecular formula is C18H29ClN2. The zero-order chi connectivity index (χ0) is 15.5. The summed E-state index contributed by atoms with van der Waals surface area (Å²) in [6, 6.07) is 8.61. The minimum Gasteiger partial charge on any atom is -0.326 e. The van der Waals surface area contributed by atoms with Crippen LogP contribution in [0.15, 0.2) is 24.3 Å². The maximum absolute atomic E-state index is 6.30. The van der Waals surface area contributed by atoms with Crippen molar-refractivity contribution in [1.82, 2.24) is 4.90 Å². The van der Waals surface area contributed by atoms with Crippen LogP contribution in [0, 0.1) is 5.41 Å². The molecule has 0 radical (unpaired) electrons. The minimum atomic E-state index is 0.127. The molecule has 1 aromatic carbocycles. The first-order valence-corrected chi connectivity index (χ1v) is 8.64. The summed E-state index contributed by atoms with van der Waals surface area (Å²) in [6.07, 6.45) is 5.16. The number of hydrogen-bond donors (Lipinski definition) is 1. The maximum Gasteiger partial charge on any atom is 0.0496 e. The van der Waals surface area contributed by atoms with Crippen LogP contribution in [-0.2, 0) is 0 Å². The number of piperidine rings is 1. The lowest BCUT2D eigenvalue weighted by Gasteiger charge is -2.45. The Bertz CT molecular complexity index is 427. The lowest BCUT2D eigenvalue weighted by atomic mass is 9.73. The summed E-state index contributed by atoms with van der Waals surface area (Å²) in [7, 11) is 0. The third kappa shape index (κ3) is 3.80. The predicted molar refractivity (Wildman–Crippen MR) is 91.7 cm³/mol. The molecule has 0 bridgehead atoms. The van der Waals surface area contributed by atoms with Gasteiger partial charge in [0.25, 0.3) is 0 Å². The van der Waals surface area contributed by atoms with Gasteiger partial charge in [0.1, 0.15) is 0 Å². The third-order valence-corrected chi connectivity index (χ3v) is 5.71. The molecule has 0 amide bonds. The second-order valence-corrected chi connectivity index (χ2v) is 7.04. The Balaban J connectivity index is 2.12. The fourth-order valence-corrected chi connectivity index (χ4v) is 3.87. The molecule has 2 N–H and O–H groups in total. The van der Waals surface area contributed by atoms with E-state index in [2.05, 4.69) is 37.8 Å². The fraction of sp³-hybridized carbons (Fsp3) is 0.667. The molecule has 2 unspecified atom stereocenters. The van der Waals surface area contributed by atoms with E-state index in [1.54, 1.807) is 0 Å². The maximum atomic E-state index is 6.30. The van der Waals surface area contributed by atoms with Gasteiger partial charge in [-0.25, -0.2) is 0 Å². The molecule has 1 aliphatic rings. The number of rotatable bonds is 5. The molecule has 1 fully saturated rings. The predicted octanol–water partition coefficient (Wildman–Crippen LogP) is 4.63. The van der Waals surface area contributed by atoms with Crippen molar-refractivity contribution in [1.29, 1.82) is 0 Å². The highest BCUT2D eigenvalue weighted by atomic mass is 35.5. The van der Waals surface area contributed by atoms with E-state index >= 15 is 0 Å². The van der Waals surface area contributed by atoms with E-state index in [0.717, 1.165) is 18.1 Å². The van der Waals surface area contributed by atoms with E-state index in [4.69, 9.17) is 17.3 Å². The number of nitrogens with zero attached hydrogens (tertiary/aromatic N) is 1. The minimum absolute atomic E-state index is 0.127. The van der Waals surface area contributed by atoms with Crippen LogP contribution in [0.2, 0.25) is 5.02 Å². The molecule has 2 nitrogen and oxygen atoms in total. The van der Waals surface area contributed by atoms with Crippen LogP contribution in [0.4, 0.5) is 0 Å². The van der Waals surface area contributed by atoms with Crippen molar-refractivity contribution in [3.8, 4) is 0 Å². The average molecular weight is 309 g/mol. The number of benzene rings is 1. The molecule has 1 heterocycles. The van der Waals surface area contributed by atoms with Gasteiger partial charge >= 0.3 is 0 Å². The van der Waals surface area contributed by atoms with Crippen LogP contribution in [-0.4, -0.2) is 24.0 Å². The second kappa shape index (κ2) is 7.13. The Morgan fingerprint density at radius 1 is 1.14 bits per heavy atom. The van der Waals surface area contributed by atoms with Crippen molar-refractivity contribution in [2.45, 2.75) is 58.5 Å². The van der Waals surface area contributed by atoms with E-state index in [-0.39, 0.29) is 6.04 Å². The first kappa shape index (κ1) is 16.8. The molecular weight excluding hydrogens is 280 g/mol. The van der Waals surface area contributed by atoms with Crippen molar-refractivity contribution >= 4 is 11.6 Å². The molecule has 1 aliphatic heterocycles. The lowest BCUT2D eigenvalue weighted by Crippen LogP contribution is -2.46. The first-order chi connectivity index (χ1) is 10.0. The van der Waals surface area contributed by atoms with E-state index < -0.39 is 0 Å². The number of likely N-dealkylation sites (tertiary alicyclic amines) is 1. The molecule has 21 heavy (non-hydrogen) atoms. The summed E-state index contributed by atoms with van der Waals surface area (Å²) in [4.78, 5) is 2.57. The van der Waals surface area contributed by atoms with Crippen molar-refractivity contribution < 1.29 is 0 Å². The third-order valence-electron chi connectivity index (χ3n) is 5.46. The topological polar surface area (TPSA) is 29.3 Å². The zero-order valence-corrected chi connectivity index (χ0v) is 14.4. The van der Waals surface area contributed by atoms with Gasteiger partial charge in [0, 0.05) is 17.1 Å². The van der Waals surface area contributed by atoms with Crippen LogP contribution in [0.5, 0.6) is 0 Å². The molecule has 118 valence electrons. The quantitative estimate of drug-likeness (QED) is 0.859. The molecule has 0 aromatic heterocycles. The molecule has 0 aliphatic carbocycles. The lowest BCUT2D eigenvalue weighted by molar-refractivity contribution is 0.0587. The summed E-state index contributed by atoms with van der Waals surface area (Å²) in [6.45, 7) is 9.08. The van der Waals surface area contributed by atoms with Crippen molar-refractivity contribution in [3.63, 3.8) is 0 Å².